The number of nitrogens with one attached hydrogen (secondary N) is 3. The Labute approximate surface area is 340 Å². The monoisotopic (exact) mass is 815 g/mol. The summed E-state index contributed by atoms with van der Waals surface area (Å²) in [5.74, 6) is -2.76. The molecular formula is C41H74N4O12. The van der Waals surface area contributed by atoms with Gasteiger partial charge in [0.25, 0.3) is 0 Å². The van der Waals surface area contributed by atoms with Crippen LogP contribution in [0.4, 0.5) is 9.59 Å². The predicted octanol–water partition coefficient (Wildman–Crippen LogP) is 4.08. The summed E-state index contributed by atoms with van der Waals surface area (Å²) in [6.07, 6.45) is -2.93. The van der Waals surface area contributed by atoms with Crippen molar-refractivity contribution >= 4 is 24.1 Å². The Balaban J connectivity index is 2.34. The van der Waals surface area contributed by atoms with Crippen molar-refractivity contribution in [2.75, 3.05) is 20.3 Å². The fourth-order valence-electron chi connectivity index (χ4n) is 7.11. The summed E-state index contributed by atoms with van der Waals surface area (Å²) < 4.78 is 35.2. The average molecular weight is 815 g/mol. The summed E-state index contributed by atoms with van der Waals surface area (Å²) >= 11 is 0. The third-order valence-electron chi connectivity index (χ3n) is 10.0. The van der Waals surface area contributed by atoms with Crippen molar-refractivity contribution in [2.24, 2.45) is 29.4 Å². The van der Waals surface area contributed by atoms with Crippen LogP contribution in [0.25, 0.3) is 0 Å². The largest absolute Gasteiger partial charge is 0.460 e. The summed E-state index contributed by atoms with van der Waals surface area (Å²) in [5, 5.41) is 31.3. The van der Waals surface area contributed by atoms with Crippen LogP contribution in [0.15, 0.2) is 11.6 Å². The molecule has 2 aliphatic rings. The predicted molar refractivity (Wildman–Crippen MR) is 214 cm³/mol. The van der Waals surface area contributed by atoms with Gasteiger partial charge in [0.2, 0.25) is 5.91 Å². The first-order valence-corrected chi connectivity index (χ1v) is 20.2. The number of carbonyl (C=O) groups is 4. The van der Waals surface area contributed by atoms with Gasteiger partial charge in [-0.05, 0) is 101 Å². The van der Waals surface area contributed by atoms with E-state index in [1.54, 1.807) is 83.1 Å². The second-order valence-electron chi connectivity index (χ2n) is 18.7. The van der Waals surface area contributed by atoms with Gasteiger partial charge in [0.05, 0.1) is 30.8 Å². The first kappa shape index (κ1) is 50.1. The molecule has 0 aliphatic heterocycles. The number of methoxy groups -OCH3 is 1. The van der Waals surface area contributed by atoms with E-state index in [1.807, 2.05) is 13.0 Å². The maximum Gasteiger partial charge on any atom is 0.408 e. The molecule has 16 heteroatoms. The highest BCUT2D eigenvalue weighted by molar-refractivity contribution is 5.85. The Morgan fingerprint density at radius 1 is 0.877 bits per heavy atom. The van der Waals surface area contributed by atoms with E-state index in [4.69, 9.17) is 34.2 Å². The number of nitrogens with two attached hydrogens (primary N) is 1. The minimum atomic E-state index is -1.28. The van der Waals surface area contributed by atoms with Gasteiger partial charge in [-0.1, -0.05) is 25.5 Å². The van der Waals surface area contributed by atoms with Crippen LogP contribution >= 0.6 is 0 Å². The van der Waals surface area contributed by atoms with E-state index < -0.39 is 102 Å². The van der Waals surface area contributed by atoms with Gasteiger partial charge in [0.15, 0.2) is 6.29 Å². The lowest BCUT2D eigenvalue weighted by atomic mass is 9.79. The van der Waals surface area contributed by atoms with Crippen LogP contribution in [0.2, 0.25) is 0 Å². The summed E-state index contributed by atoms with van der Waals surface area (Å²) in [6, 6.07) is -1.98. The minimum Gasteiger partial charge on any atom is -0.460 e. The van der Waals surface area contributed by atoms with Crippen LogP contribution in [-0.2, 0) is 38.0 Å². The van der Waals surface area contributed by atoms with E-state index in [0.717, 1.165) is 5.57 Å². The van der Waals surface area contributed by atoms with Crippen LogP contribution in [-0.4, -0.2) is 120 Å². The van der Waals surface area contributed by atoms with Crippen molar-refractivity contribution in [3.8, 4) is 0 Å². The number of aliphatic hydroxyl groups excluding tert-OH is 2. The molecule has 3 unspecified atom stereocenters. The highest BCUT2D eigenvalue weighted by Gasteiger charge is 2.47. The standard InChI is InChI=1S/C41H74N4O12/c1-22-17-30(45-38(51)57-41(11,12)13)34(32(47)33(22)54-31(52-14)19-28(25(4)46)23(2)36(49)55-39(5,6)7)53-21-27-18-26(20-42)15-16-29(27)44-35(48)24(3)43-37(50)56-40(8,9)10/h15,22-25,27-34,46-47H,16-21,42H2,1-14H3,(H,43,50)(H,44,48)(H,45,51)/t22-,23?,24?,25-,27-,28+,29-,30+,31?,32-,33+,34-/m1/s1. The number of hydrogen-bond donors (Lipinski definition) is 6. The van der Waals surface area contributed by atoms with Gasteiger partial charge in [-0.25, -0.2) is 9.59 Å². The molecule has 12 atom stereocenters. The average Bonchev–Trinajstić information content (AvgIpc) is 3.05. The maximum atomic E-state index is 13.3. The summed E-state index contributed by atoms with van der Waals surface area (Å²) in [7, 11) is 1.45. The van der Waals surface area contributed by atoms with Gasteiger partial charge < -0.3 is 60.3 Å². The molecule has 0 radical (unpaired) electrons. The number of carbonyl (C=O) groups excluding carboxylic acids is 4. The third-order valence-corrected chi connectivity index (χ3v) is 10.0. The smallest absolute Gasteiger partial charge is 0.408 e. The Bertz CT molecular complexity index is 1350. The summed E-state index contributed by atoms with van der Waals surface area (Å²) in [5.41, 5.74) is 4.79. The number of aliphatic hydroxyl groups is 2. The Morgan fingerprint density at radius 3 is 1.98 bits per heavy atom. The molecule has 16 nitrogen and oxygen atoms in total. The van der Waals surface area contributed by atoms with Gasteiger partial charge in [0.1, 0.15) is 35.1 Å². The van der Waals surface area contributed by atoms with Crippen LogP contribution < -0.4 is 21.7 Å². The second-order valence-corrected chi connectivity index (χ2v) is 18.7. The van der Waals surface area contributed by atoms with Crippen LogP contribution in [0, 0.1) is 23.7 Å². The van der Waals surface area contributed by atoms with Crippen molar-refractivity contribution in [1.82, 2.24) is 16.0 Å². The molecule has 0 spiro atoms. The number of ether oxygens (including phenoxy) is 6. The zero-order chi connectivity index (χ0) is 43.6. The van der Waals surface area contributed by atoms with Gasteiger partial charge in [0, 0.05) is 38.0 Å². The quantitative estimate of drug-likeness (QED) is 0.0560. The molecule has 0 heterocycles. The molecule has 57 heavy (non-hydrogen) atoms. The fourth-order valence-corrected chi connectivity index (χ4v) is 7.11. The number of amides is 3. The highest BCUT2D eigenvalue weighted by atomic mass is 16.7. The number of hydrogen-bond acceptors (Lipinski definition) is 13. The molecule has 2 rings (SSSR count). The van der Waals surface area contributed by atoms with Crippen molar-refractivity contribution in [2.45, 2.75) is 181 Å². The fraction of sp³-hybridized carbons (Fsp3) is 0.854. The van der Waals surface area contributed by atoms with E-state index >= 15 is 0 Å². The zero-order valence-electron chi connectivity index (χ0n) is 36.8. The van der Waals surface area contributed by atoms with E-state index in [1.165, 1.54) is 7.11 Å². The third kappa shape index (κ3) is 17.0. The summed E-state index contributed by atoms with van der Waals surface area (Å²) in [6.45, 7) is 22.9. The van der Waals surface area contributed by atoms with Gasteiger partial charge in [-0.3, -0.25) is 9.59 Å². The van der Waals surface area contributed by atoms with Gasteiger partial charge in [-0.15, -0.1) is 0 Å². The van der Waals surface area contributed by atoms with Crippen molar-refractivity contribution in [1.29, 1.82) is 0 Å². The lowest BCUT2D eigenvalue weighted by Gasteiger charge is -2.45. The minimum absolute atomic E-state index is 0.0662. The molecule has 3 amide bonds. The molecular weight excluding hydrogens is 740 g/mol. The first-order valence-electron chi connectivity index (χ1n) is 20.2. The van der Waals surface area contributed by atoms with Crippen molar-refractivity contribution < 1.29 is 57.8 Å². The molecule has 0 aromatic carbocycles. The lowest BCUT2D eigenvalue weighted by Crippen LogP contribution is -2.61. The molecule has 0 saturated heterocycles. The first-order chi connectivity index (χ1) is 26.1. The molecule has 1 saturated carbocycles. The van der Waals surface area contributed by atoms with E-state index in [9.17, 15) is 29.4 Å². The molecule has 0 aromatic heterocycles. The number of rotatable bonds is 16. The zero-order valence-corrected chi connectivity index (χ0v) is 36.8. The van der Waals surface area contributed by atoms with Gasteiger partial charge >= 0.3 is 18.2 Å². The van der Waals surface area contributed by atoms with E-state index in [-0.39, 0.29) is 24.9 Å². The van der Waals surface area contributed by atoms with E-state index in [0.29, 0.717) is 25.8 Å². The van der Waals surface area contributed by atoms with Crippen molar-refractivity contribution in [3.63, 3.8) is 0 Å². The van der Waals surface area contributed by atoms with Gasteiger partial charge in [-0.2, -0.15) is 0 Å². The Hall–Kier alpha value is -3.02. The topological polar surface area (TPSA) is 226 Å². The number of alkyl carbamates (subject to hydrolysis) is 2. The SMILES string of the molecule is COC(C[C@@H](C(C)C(=O)OC(C)(C)C)[C@@H](C)O)O[C@@H]1[C@@H](O)[C@H](OC[C@H]2CC(CN)=CC[C@H]2NC(=O)C(C)NC(=O)OC(C)(C)C)[C@@H](NC(=O)OC(C)(C)C)C[C@H]1C. The number of esters is 1. The van der Waals surface area contributed by atoms with E-state index in [2.05, 4.69) is 16.0 Å². The van der Waals surface area contributed by atoms with Crippen LogP contribution in [0.1, 0.15) is 116 Å². The molecule has 1 fully saturated rings. The van der Waals surface area contributed by atoms with Crippen LogP contribution in [0.3, 0.4) is 0 Å². The van der Waals surface area contributed by atoms with Crippen LogP contribution in [0.5, 0.6) is 0 Å². The molecule has 0 bridgehead atoms. The molecule has 0 aromatic rings. The molecule has 7 N–H and O–H groups in total. The van der Waals surface area contributed by atoms with Crippen molar-refractivity contribution in [3.05, 3.63) is 11.6 Å². The lowest BCUT2D eigenvalue weighted by molar-refractivity contribution is -0.236. The summed E-state index contributed by atoms with van der Waals surface area (Å²) in [4.78, 5) is 51.7. The molecule has 2 aliphatic carbocycles. The second kappa shape index (κ2) is 21.3. The normalized spacial score (nSPS) is 27.1. The molecule has 330 valence electrons. The Kier molecular flexibility index (Phi) is 18.7. The highest BCUT2D eigenvalue weighted by Crippen LogP contribution is 2.35. The Morgan fingerprint density at radius 2 is 1.46 bits per heavy atom. The maximum absolute atomic E-state index is 13.3.